The van der Waals surface area contributed by atoms with Gasteiger partial charge in [-0.2, -0.15) is 8.42 Å². The van der Waals surface area contributed by atoms with Gasteiger partial charge in [0.25, 0.3) is 0 Å². The van der Waals surface area contributed by atoms with Crippen LogP contribution in [-0.4, -0.2) is 15.5 Å². The van der Waals surface area contributed by atoms with Crippen molar-refractivity contribution in [2.45, 2.75) is 4.90 Å². The van der Waals surface area contributed by atoms with Crippen molar-refractivity contribution in [3.8, 4) is 11.5 Å². The Balaban J connectivity index is 2.30. The predicted molar refractivity (Wildman–Crippen MR) is 77.3 cm³/mol. The van der Waals surface area contributed by atoms with Gasteiger partial charge in [-0.15, -0.1) is 0 Å². The van der Waals surface area contributed by atoms with Crippen LogP contribution in [0.3, 0.4) is 0 Å². The Morgan fingerprint density at radius 2 is 1.45 bits per heavy atom. The number of rotatable bonds is 4. The molecule has 0 saturated carbocycles. The second kappa shape index (κ2) is 5.91. The van der Waals surface area contributed by atoms with E-state index >= 15 is 0 Å². The van der Waals surface area contributed by atoms with Crippen LogP contribution < -0.4 is 8.92 Å². The van der Waals surface area contributed by atoms with Crippen LogP contribution in [0.15, 0.2) is 47.4 Å². The Bertz CT molecular complexity index is 691. The van der Waals surface area contributed by atoms with Crippen molar-refractivity contribution in [2.24, 2.45) is 0 Å². The van der Waals surface area contributed by atoms with Gasteiger partial charge in [-0.1, -0.05) is 23.2 Å². The topological polar surface area (TPSA) is 52.6 Å². The summed E-state index contributed by atoms with van der Waals surface area (Å²) in [7, 11) is -2.45. The van der Waals surface area contributed by atoms with Gasteiger partial charge in [0.2, 0.25) is 0 Å². The average Bonchev–Trinajstić information content (AvgIpc) is 2.37. The van der Waals surface area contributed by atoms with E-state index in [-0.39, 0.29) is 20.7 Å². The molecule has 4 nitrogen and oxygen atoms in total. The molecule has 0 amide bonds. The van der Waals surface area contributed by atoms with Gasteiger partial charge in [0, 0.05) is 22.2 Å². The van der Waals surface area contributed by atoms with Crippen molar-refractivity contribution in [2.75, 3.05) is 7.11 Å². The maximum atomic E-state index is 12.1. The SMILES string of the molecule is COc1ccc(S(=O)(=O)Oc2cc(Cl)cc(Cl)c2)cc1. The summed E-state index contributed by atoms with van der Waals surface area (Å²) in [5.74, 6) is 0.605. The summed E-state index contributed by atoms with van der Waals surface area (Å²) in [5.41, 5.74) is 0. The number of ether oxygens (including phenoxy) is 1. The van der Waals surface area contributed by atoms with E-state index in [9.17, 15) is 8.42 Å². The average molecular weight is 333 g/mol. The highest BCUT2D eigenvalue weighted by Gasteiger charge is 2.17. The minimum atomic E-state index is -3.94. The number of hydrogen-bond acceptors (Lipinski definition) is 4. The molecule has 0 N–H and O–H groups in total. The maximum Gasteiger partial charge on any atom is 0.339 e. The van der Waals surface area contributed by atoms with E-state index in [1.165, 1.54) is 49.6 Å². The van der Waals surface area contributed by atoms with Crippen LogP contribution in [0.25, 0.3) is 0 Å². The van der Waals surface area contributed by atoms with Crippen LogP contribution in [0.5, 0.6) is 11.5 Å². The molecule has 0 spiro atoms. The number of halogens is 2. The van der Waals surface area contributed by atoms with Crippen molar-refractivity contribution < 1.29 is 17.3 Å². The van der Waals surface area contributed by atoms with Crippen LogP contribution in [0, 0.1) is 0 Å². The quantitative estimate of drug-likeness (QED) is 0.799. The van der Waals surface area contributed by atoms with Gasteiger partial charge < -0.3 is 8.92 Å². The van der Waals surface area contributed by atoms with E-state index < -0.39 is 10.1 Å². The van der Waals surface area contributed by atoms with E-state index in [0.29, 0.717) is 5.75 Å². The number of benzene rings is 2. The molecule has 2 rings (SSSR count). The van der Waals surface area contributed by atoms with Gasteiger partial charge in [0.05, 0.1) is 7.11 Å². The minimum Gasteiger partial charge on any atom is -0.497 e. The summed E-state index contributed by atoms with van der Waals surface area (Å²) in [4.78, 5) is 0.00870. The highest BCUT2D eigenvalue weighted by atomic mass is 35.5. The molecular weight excluding hydrogens is 323 g/mol. The van der Waals surface area contributed by atoms with Crippen molar-refractivity contribution in [1.29, 1.82) is 0 Å². The first kappa shape index (κ1) is 15.0. The van der Waals surface area contributed by atoms with E-state index in [2.05, 4.69) is 0 Å². The van der Waals surface area contributed by atoms with Crippen molar-refractivity contribution >= 4 is 33.3 Å². The Morgan fingerprint density at radius 3 is 1.95 bits per heavy atom. The molecule has 0 unspecified atom stereocenters. The second-order valence-electron chi connectivity index (χ2n) is 3.82. The van der Waals surface area contributed by atoms with Gasteiger partial charge in [-0.3, -0.25) is 0 Å². The normalized spacial score (nSPS) is 11.2. The number of hydrogen-bond donors (Lipinski definition) is 0. The summed E-state index contributed by atoms with van der Waals surface area (Å²) < 4.78 is 34.1. The predicted octanol–water partition coefficient (Wildman–Crippen LogP) is 3.77. The minimum absolute atomic E-state index is 0.00870. The fraction of sp³-hybridized carbons (Fsp3) is 0.0769. The molecule has 2 aromatic rings. The zero-order valence-corrected chi connectivity index (χ0v) is 12.7. The molecule has 0 aliphatic carbocycles. The van der Waals surface area contributed by atoms with Crippen LogP contribution in [0.4, 0.5) is 0 Å². The highest BCUT2D eigenvalue weighted by Crippen LogP contribution is 2.27. The van der Waals surface area contributed by atoms with Gasteiger partial charge in [0.1, 0.15) is 16.4 Å². The maximum absolute atomic E-state index is 12.1. The highest BCUT2D eigenvalue weighted by molar-refractivity contribution is 7.87. The van der Waals surface area contributed by atoms with Gasteiger partial charge >= 0.3 is 10.1 Å². The zero-order chi connectivity index (χ0) is 14.8. The largest absolute Gasteiger partial charge is 0.497 e. The lowest BCUT2D eigenvalue weighted by atomic mass is 10.3. The molecule has 0 radical (unpaired) electrons. The summed E-state index contributed by atoms with van der Waals surface area (Å²) in [6, 6.07) is 10.1. The molecular formula is C13H10Cl2O4S. The lowest BCUT2D eigenvalue weighted by Gasteiger charge is -2.08. The summed E-state index contributed by atoms with van der Waals surface area (Å²) in [6.07, 6.45) is 0. The summed E-state index contributed by atoms with van der Waals surface area (Å²) in [5, 5.41) is 0.579. The monoisotopic (exact) mass is 332 g/mol. The lowest BCUT2D eigenvalue weighted by molar-refractivity contribution is 0.414. The Labute approximate surface area is 127 Å². The number of methoxy groups -OCH3 is 1. The third-order valence-electron chi connectivity index (χ3n) is 2.39. The molecule has 0 aromatic heterocycles. The molecule has 0 fully saturated rings. The fourth-order valence-corrected chi connectivity index (χ4v) is 2.92. The van der Waals surface area contributed by atoms with Gasteiger partial charge in [-0.05, 0) is 30.3 Å². The molecule has 106 valence electrons. The molecule has 0 aliphatic heterocycles. The molecule has 0 atom stereocenters. The smallest absolute Gasteiger partial charge is 0.339 e. The first-order chi connectivity index (χ1) is 9.40. The third-order valence-corrected chi connectivity index (χ3v) is 4.09. The second-order valence-corrected chi connectivity index (χ2v) is 6.24. The van der Waals surface area contributed by atoms with Crippen LogP contribution >= 0.6 is 23.2 Å². The standard InChI is InChI=1S/C13H10Cl2O4S/c1-18-11-2-4-13(5-3-11)20(16,17)19-12-7-9(14)6-10(15)8-12/h2-8H,1H3. The van der Waals surface area contributed by atoms with E-state index in [1.807, 2.05) is 0 Å². The lowest BCUT2D eigenvalue weighted by Crippen LogP contribution is -2.09. The van der Waals surface area contributed by atoms with E-state index in [0.717, 1.165) is 0 Å². The molecule has 0 bridgehead atoms. The molecule has 0 saturated heterocycles. The molecule has 0 heterocycles. The fourth-order valence-electron chi connectivity index (χ4n) is 1.49. The zero-order valence-electron chi connectivity index (χ0n) is 10.3. The van der Waals surface area contributed by atoms with Gasteiger partial charge in [0.15, 0.2) is 0 Å². The first-order valence-electron chi connectivity index (χ1n) is 5.45. The van der Waals surface area contributed by atoms with Crippen LogP contribution in [-0.2, 0) is 10.1 Å². The Hall–Kier alpha value is -1.43. The van der Waals surface area contributed by atoms with Crippen molar-refractivity contribution in [1.82, 2.24) is 0 Å². The van der Waals surface area contributed by atoms with Crippen molar-refractivity contribution in [3.05, 3.63) is 52.5 Å². The Morgan fingerprint density at radius 1 is 0.900 bits per heavy atom. The van der Waals surface area contributed by atoms with E-state index in [4.69, 9.17) is 32.1 Å². The Kier molecular flexibility index (Phi) is 4.42. The summed E-state index contributed by atoms with van der Waals surface area (Å²) >= 11 is 11.6. The van der Waals surface area contributed by atoms with Crippen LogP contribution in [0.1, 0.15) is 0 Å². The van der Waals surface area contributed by atoms with Gasteiger partial charge in [-0.25, -0.2) is 0 Å². The first-order valence-corrected chi connectivity index (χ1v) is 7.62. The van der Waals surface area contributed by atoms with Crippen molar-refractivity contribution in [3.63, 3.8) is 0 Å². The molecule has 20 heavy (non-hydrogen) atoms. The van der Waals surface area contributed by atoms with E-state index in [1.54, 1.807) is 0 Å². The molecule has 2 aromatic carbocycles. The van der Waals surface area contributed by atoms with Crippen LogP contribution in [0.2, 0.25) is 10.0 Å². The summed E-state index contributed by atoms with van der Waals surface area (Å²) in [6.45, 7) is 0. The third kappa shape index (κ3) is 3.56. The molecule has 0 aliphatic rings. The molecule has 7 heteroatoms.